The zero-order valence-electron chi connectivity index (χ0n) is 18.0. The van der Waals surface area contributed by atoms with Crippen molar-refractivity contribution in [3.63, 3.8) is 0 Å². The second-order valence-corrected chi connectivity index (χ2v) is 7.35. The molecule has 0 aliphatic carbocycles. The largest absolute Gasteiger partial charge is 0.491 e. The molecule has 0 aliphatic rings. The van der Waals surface area contributed by atoms with E-state index in [-0.39, 0.29) is 18.6 Å². The summed E-state index contributed by atoms with van der Waals surface area (Å²) in [6.07, 6.45) is 0.0284. The second-order valence-electron chi connectivity index (χ2n) is 7.35. The van der Waals surface area contributed by atoms with Gasteiger partial charge in [0.2, 0.25) is 5.89 Å². The quantitative estimate of drug-likeness (QED) is 0.414. The average molecular weight is 404 g/mol. The molecule has 8 nitrogen and oxygen atoms in total. The lowest BCUT2D eigenvalue weighted by Gasteiger charge is -2.14. The van der Waals surface area contributed by atoms with Crippen molar-refractivity contribution in [2.24, 2.45) is 4.99 Å². The van der Waals surface area contributed by atoms with E-state index in [9.17, 15) is 5.11 Å². The zero-order chi connectivity index (χ0) is 21.2. The van der Waals surface area contributed by atoms with Crippen LogP contribution in [0.25, 0.3) is 0 Å². The highest BCUT2D eigenvalue weighted by Gasteiger charge is 2.11. The van der Waals surface area contributed by atoms with Crippen LogP contribution in [0.4, 0.5) is 0 Å². The van der Waals surface area contributed by atoms with Gasteiger partial charge in [-0.05, 0) is 38.5 Å². The van der Waals surface area contributed by atoms with Gasteiger partial charge in [-0.1, -0.05) is 31.1 Å². The van der Waals surface area contributed by atoms with E-state index in [1.807, 2.05) is 58.9 Å². The van der Waals surface area contributed by atoms with E-state index in [0.29, 0.717) is 30.6 Å². The number of aliphatic hydroxyl groups excluding tert-OH is 1. The number of rotatable bonds is 10. The first-order valence-electron chi connectivity index (χ1n) is 10.2. The Hall–Kier alpha value is -2.61. The minimum atomic E-state index is -0.692. The highest BCUT2D eigenvalue weighted by molar-refractivity contribution is 5.79. The standard InChI is InChI=1S/C21H33N5O3/c1-6-22-21(23-12-11-19-25-20(14(2)3)26-29-19)24-13-18(27)16-7-9-17(10-8-16)28-15(4)5/h7-10,14-15,18,27H,6,11-13H2,1-5H3,(H2,22,23,24). The van der Waals surface area contributed by atoms with E-state index in [0.717, 1.165) is 17.9 Å². The number of aliphatic imine (C=N–C) groups is 1. The molecule has 1 unspecified atom stereocenters. The van der Waals surface area contributed by atoms with Crippen LogP contribution in [0.15, 0.2) is 33.8 Å². The molecular weight excluding hydrogens is 370 g/mol. The molecule has 1 aromatic carbocycles. The molecule has 0 aliphatic heterocycles. The van der Waals surface area contributed by atoms with Gasteiger partial charge in [-0.15, -0.1) is 0 Å². The minimum absolute atomic E-state index is 0.119. The summed E-state index contributed by atoms with van der Waals surface area (Å²) in [7, 11) is 0. The van der Waals surface area contributed by atoms with Crippen LogP contribution in [0.3, 0.4) is 0 Å². The highest BCUT2D eigenvalue weighted by atomic mass is 16.5. The van der Waals surface area contributed by atoms with Gasteiger partial charge in [0.25, 0.3) is 0 Å². The first kappa shape index (κ1) is 22.7. The number of aromatic nitrogens is 2. The summed E-state index contributed by atoms with van der Waals surface area (Å²) < 4.78 is 10.9. The van der Waals surface area contributed by atoms with Crippen LogP contribution in [0.1, 0.15) is 63.9 Å². The van der Waals surface area contributed by atoms with E-state index < -0.39 is 6.10 Å². The molecule has 1 atom stereocenters. The topological polar surface area (TPSA) is 105 Å². The first-order valence-corrected chi connectivity index (χ1v) is 10.2. The molecule has 0 bridgehead atoms. The van der Waals surface area contributed by atoms with Crippen molar-refractivity contribution in [2.75, 3.05) is 19.6 Å². The van der Waals surface area contributed by atoms with E-state index in [1.54, 1.807) is 0 Å². The summed E-state index contributed by atoms with van der Waals surface area (Å²) in [5.74, 6) is 2.98. The van der Waals surface area contributed by atoms with Crippen molar-refractivity contribution >= 4 is 5.96 Å². The maximum absolute atomic E-state index is 10.4. The summed E-state index contributed by atoms with van der Waals surface area (Å²) in [4.78, 5) is 8.83. The Morgan fingerprint density at radius 1 is 1.17 bits per heavy atom. The van der Waals surface area contributed by atoms with Crippen LogP contribution < -0.4 is 15.4 Å². The van der Waals surface area contributed by atoms with E-state index in [4.69, 9.17) is 9.26 Å². The molecule has 3 N–H and O–H groups in total. The van der Waals surface area contributed by atoms with Crippen LogP contribution in [0.2, 0.25) is 0 Å². The van der Waals surface area contributed by atoms with Crippen LogP contribution >= 0.6 is 0 Å². The van der Waals surface area contributed by atoms with Crippen molar-refractivity contribution in [1.82, 2.24) is 20.8 Å². The van der Waals surface area contributed by atoms with E-state index in [2.05, 4.69) is 25.8 Å². The molecule has 0 saturated heterocycles. The molecule has 1 heterocycles. The number of nitrogens with one attached hydrogen (secondary N) is 2. The smallest absolute Gasteiger partial charge is 0.228 e. The molecule has 0 radical (unpaired) electrons. The number of benzene rings is 1. The lowest BCUT2D eigenvalue weighted by atomic mass is 10.1. The number of hydrogen-bond donors (Lipinski definition) is 3. The van der Waals surface area contributed by atoms with Gasteiger partial charge >= 0.3 is 0 Å². The Bertz CT molecular complexity index is 756. The van der Waals surface area contributed by atoms with Crippen molar-refractivity contribution in [1.29, 1.82) is 0 Å². The number of nitrogens with zero attached hydrogens (tertiary/aromatic N) is 3. The fourth-order valence-electron chi connectivity index (χ4n) is 2.56. The number of ether oxygens (including phenoxy) is 1. The third-order valence-corrected chi connectivity index (χ3v) is 4.03. The normalized spacial score (nSPS) is 13.0. The van der Waals surface area contributed by atoms with Crippen LogP contribution in [-0.2, 0) is 6.42 Å². The van der Waals surface area contributed by atoms with Gasteiger partial charge in [0.05, 0.1) is 18.8 Å². The van der Waals surface area contributed by atoms with Crippen molar-refractivity contribution in [3.8, 4) is 5.75 Å². The van der Waals surface area contributed by atoms with Gasteiger partial charge in [-0.2, -0.15) is 4.98 Å². The minimum Gasteiger partial charge on any atom is -0.491 e. The maximum Gasteiger partial charge on any atom is 0.228 e. The van der Waals surface area contributed by atoms with Gasteiger partial charge in [-0.25, -0.2) is 0 Å². The maximum atomic E-state index is 10.4. The van der Waals surface area contributed by atoms with Crippen LogP contribution in [0, 0.1) is 0 Å². The molecule has 2 rings (SSSR count). The average Bonchev–Trinajstić information content (AvgIpc) is 3.15. The van der Waals surface area contributed by atoms with E-state index >= 15 is 0 Å². The summed E-state index contributed by atoms with van der Waals surface area (Å²) >= 11 is 0. The Morgan fingerprint density at radius 3 is 2.48 bits per heavy atom. The SMILES string of the molecule is CCNC(=NCC(O)c1ccc(OC(C)C)cc1)NCCc1nc(C(C)C)no1. The number of guanidine groups is 1. The van der Waals surface area contributed by atoms with Gasteiger partial charge < -0.3 is 25.0 Å². The van der Waals surface area contributed by atoms with Crippen molar-refractivity contribution < 1.29 is 14.4 Å². The third kappa shape index (κ3) is 7.73. The van der Waals surface area contributed by atoms with Crippen LogP contribution in [-0.4, -0.2) is 46.9 Å². The summed E-state index contributed by atoms with van der Waals surface area (Å²) in [6.45, 7) is 11.6. The first-order chi connectivity index (χ1) is 13.9. The molecule has 160 valence electrons. The van der Waals surface area contributed by atoms with Gasteiger partial charge in [0.15, 0.2) is 11.8 Å². The molecule has 29 heavy (non-hydrogen) atoms. The summed E-state index contributed by atoms with van der Waals surface area (Å²) in [6, 6.07) is 7.45. The molecule has 1 aromatic heterocycles. The van der Waals surface area contributed by atoms with Crippen LogP contribution in [0.5, 0.6) is 5.75 Å². The predicted octanol–water partition coefficient (Wildman–Crippen LogP) is 2.81. The molecule has 0 spiro atoms. The number of hydrogen-bond acceptors (Lipinski definition) is 6. The molecule has 2 aromatic rings. The zero-order valence-corrected chi connectivity index (χ0v) is 18.0. The molecule has 0 fully saturated rings. The molecule has 0 saturated carbocycles. The predicted molar refractivity (Wildman–Crippen MR) is 113 cm³/mol. The highest BCUT2D eigenvalue weighted by Crippen LogP contribution is 2.19. The fourth-order valence-corrected chi connectivity index (χ4v) is 2.56. The third-order valence-electron chi connectivity index (χ3n) is 4.03. The van der Waals surface area contributed by atoms with Gasteiger partial charge in [0, 0.05) is 25.4 Å². The Kier molecular flexibility index (Phi) is 8.92. The lowest BCUT2D eigenvalue weighted by molar-refractivity contribution is 0.186. The lowest BCUT2D eigenvalue weighted by Crippen LogP contribution is -2.38. The monoisotopic (exact) mass is 403 g/mol. The summed E-state index contributed by atoms with van der Waals surface area (Å²) in [5.41, 5.74) is 0.799. The number of aliphatic hydroxyl groups is 1. The molecule has 8 heteroatoms. The van der Waals surface area contributed by atoms with Gasteiger partial charge in [0.1, 0.15) is 5.75 Å². The fraction of sp³-hybridized carbons (Fsp3) is 0.571. The second kappa shape index (κ2) is 11.4. The Morgan fingerprint density at radius 2 is 1.90 bits per heavy atom. The van der Waals surface area contributed by atoms with Crippen molar-refractivity contribution in [2.45, 2.75) is 59.2 Å². The molecular formula is C21H33N5O3. The molecule has 0 amide bonds. The summed E-state index contributed by atoms with van der Waals surface area (Å²) in [5, 5.41) is 20.8. The van der Waals surface area contributed by atoms with Crippen molar-refractivity contribution in [3.05, 3.63) is 41.5 Å². The van der Waals surface area contributed by atoms with Gasteiger partial charge in [-0.3, -0.25) is 4.99 Å². The van der Waals surface area contributed by atoms with E-state index in [1.165, 1.54) is 0 Å². The Labute approximate surface area is 172 Å². The Balaban J connectivity index is 1.86.